The summed E-state index contributed by atoms with van der Waals surface area (Å²) in [7, 11) is 0. The summed E-state index contributed by atoms with van der Waals surface area (Å²) in [5.74, 6) is -2.30. The fraction of sp³-hybridized carbons (Fsp3) is 0.381. The topological polar surface area (TPSA) is 120 Å². The molecule has 4 unspecified atom stereocenters. The third-order valence-corrected chi connectivity index (χ3v) is 5.95. The number of aliphatic hydroxyl groups excluding tert-OH is 1. The van der Waals surface area contributed by atoms with E-state index in [9.17, 15) is 24.6 Å². The smallest absolute Gasteiger partial charge is 0.352 e. The van der Waals surface area contributed by atoms with Crippen molar-refractivity contribution in [1.82, 2.24) is 4.90 Å². The van der Waals surface area contributed by atoms with Crippen LogP contribution in [0.4, 0.5) is 5.69 Å². The first-order chi connectivity index (χ1) is 13.7. The Labute approximate surface area is 166 Å². The standard InChI is InChI=1S/C21H22N2O6/c1-9-6-16(25)29-15-7-12(4-5-13(9)15)22-8-14-10(2)18-17(11(3)24)20(26)23(18)19(14)21(27)28/h4-7,10-11,17-18,22,24H,8H2,1-3H3,(H,27,28). The number of benzene rings is 1. The predicted octanol–water partition coefficient (Wildman–Crippen LogP) is 1.71. The van der Waals surface area contributed by atoms with Gasteiger partial charge in [0.1, 0.15) is 11.3 Å². The molecule has 0 radical (unpaired) electrons. The average molecular weight is 398 g/mol. The number of aryl methyl sites for hydroxylation is 1. The van der Waals surface area contributed by atoms with Crippen molar-refractivity contribution in [3.05, 3.63) is 51.5 Å². The van der Waals surface area contributed by atoms with Crippen LogP contribution in [-0.2, 0) is 9.59 Å². The van der Waals surface area contributed by atoms with Crippen LogP contribution in [0, 0.1) is 18.8 Å². The van der Waals surface area contributed by atoms with E-state index in [-0.39, 0.29) is 30.1 Å². The summed E-state index contributed by atoms with van der Waals surface area (Å²) in [6.45, 7) is 5.47. The molecule has 2 aliphatic rings. The maximum absolute atomic E-state index is 12.4. The second kappa shape index (κ2) is 6.73. The number of carbonyl (C=O) groups is 2. The lowest BCUT2D eigenvalue weighted by Crippen LogP contribution is -2.63. The Morgan fingerprint density at radius 3 is 2.69 bits per heavy atom. The Morgan fingerprint density at radius 2 is 2.03 bits per heavy atom. The predicted molar refractivity (Wildman–Crippen MR) is 105 cm³/mol. The molecule has 8 heteroatoms. The van der Waals surface area contributed by atoms with Crippen LogP contribution in [0.3, 0.4) is 0 Å². The molecular formula is C21H22N2O6. The van der Waals surface area contributed by atoms with Crippen molar-refractivity contribution in [3.8, 4) is 0 Å². The maximum Gasteiger partial charge on any atom is 0.352 e. The zero-order chi connectivity index (χ0) is 21.0. The van der Waals surface area contributed by atoms with Crippen LogP contribution in [0.25, 0.3) is 11.0 Å². The molecule has 2 aromatic rings. The molecule has 8 nitrogen and oxygen atoms in total. The fourth-order valence-electron chi connectivity index (χ4n) is 4.51. The lowest BCUT2D eigenvalue weighted by Gasteiger charge is -2.46. The number of nitrogens with zero attached hydrogens (tertiary/aromatic N) is 1. The highest BCUT2D eigenvalue weighted by molar-refractivity contribution is 6.00. The highest BCUT2D eigenvalue weighted by atomic mass is 16.4. The number of hydrogen-bond acceptors (Lipinski definition) is 6. The summed E-state index contributed by atoms with van der Waals surface area (Å²) in [6.07, 6.45) is -0.833. The van der Waals surface area contributed by atoms with Gasteiger partial charge in [0.2, 0.25) is 5.91 Å². The average Bonchev–Trinajstić information content (AvgIpc) is 2.88. The number of nitrogens with one attached hydrogen (secondary N) is 1. The van der Waals surface area contributed by atoms with Crippen molar-refractivity contribution in [3.63, 3.8) is 0 Å². The Morgan fingerprint density at radius 1 is 1.31 bits per heavy atom. The van der Waals surface area contributed by atoms with Crippen LogP contribution in [0.5, 0.6) is 0 Å². The summed E-state index contributed by atoms with van der Waals surface area (Å²) < 4.78 is 5.25. The van der Waals surface area contributed by atoms with Crippen LogP contribution in [0.15, 0.2) is 44.7 Å². The number of carbonyl (C=O) groups excluding carboxylic acids is 1. The second-order valence-electron chi connectivity index (χ2n) is 7.75. The molecule has 3 N–H and O–H groups in total. The van der Waals surface area contributed by atoms with Crippen LogP contribution in [0.2, 0.25) is 0 Å². The molecule has 1 saturated heterocycles. The third-order valence-electron chi connectivity index (χ3n) is 5.95. The van der Waals surface area contributed by atoms with Gasteiger partial charge in [-0.15, -0.1) is 0 Å². The molecule has 3 heterocycles. The van der Waals surface area contributed by atoms with E-state index in [2.05, 4.69) is 5.32 Å². The lowest BCUT2D eigenvalue weighted by molar-refractivity contribution is -0.163. The number of β-lactam (4-membered cyclic amide) rings is 1. The number of amides is 1. The summed E-state index contributed by atoms with van der Waals surface area (Å²) in [5, 5.41) is 23.6. The van der Waals surface area contributed by atoms with Crippen molar-refractivity contribution < 1.29 is 24.2 Å². The van der Waals surface area contributed by atoms with Gasteiger partial charge in [-0.2, -0.15) is 0 Å². The van der Waals surface area contributed by atoms with Crippen LogP contribution >= 0.6 is 0 Å². The first kappa shape index (κ1) is 19.2. The van der Waals surface area contributed by atoms with Crippen LogP contribution in [0.1, 0.15) is 19.4 Å². The van der Waals surface area contributed by atoms with Crippen molar-refractivity contribution in [2.24, 2.45) is 11.8 Å². The number of carboxylic acid groups (broad SMARTS) is 1. The van der Waals surface area contributed by atoms with Gasteiger partial charge in [-0.25, -0.2) is 9.59 Å². The molecule has 29 heavy (non-hydrogen) atoms. The summed E-state index contributed by atoms with van der Waals surface area (Å²) in [6, 6.07) is 6.44. The van der Waals surface area contributed by atoms with E-state index in [0.717, 1.165) is 10.9 Å². The van der Waals surface area contributed by atoms with E-state index >= 15 is 0 Å². The largest absolute Gasteiger partial charge is 0.477 e. The van der Waals surface area contributed by atoms with Gasteiger partial charge in [0.05, 0.1) is 18.1 Å². The first-order valence-electron chi connectivity index (χ1n) is 9.46. The molecule has 1 amide bonds. The zero-order valence-corrected chi connectivity index (χ0v) is 16.3. The highest BCUT2D eigenvalue weighted by Gasteiger charge is 2.59. The highest BCUT2D eigenvalue weighted by Crippen LogP contribution is 2.47. The number of hydrogen-bond donors (Lipinski definition) is 3. The van der Waals surface area contributed by atoms with E-state index in [4.69, 9.17) is 4.42 Å². The Balaban J connectivity index is 1.62. The zero-order valence-electron chi connectivity index (χ0n) is 16.3. The van der Waals surface area contributed by atoms with Crippen LogP contribution in [-0.4, -0.2) is 45.7 Å². The van der Waals surface area contributed by atoms with E-state index in [1.54, 1.807) is 13.0 Å². The SMILES string of the molecule is Cc1cc(=O)oc2cc(NCC3=C(C(=O)O)N4C(=O)C(C(C)O)C4C3C)ccc12. The van der Waals surface area contributed by atoms with Crippen molar-refractivity contribution in [2.75, 3.05) is 11.9 Å². The molecule has 1 aromatic heterocycles. The molecule has 1 fully saturated rings. The molecule has 0 saturated carbocycles. The fourth-order valence-corrected chi connectivity index (χ4v) is 4.51. The Kier molecular flexibility index (Phi) is 4.46. The van der Waals surface area contributed by atoms with Gasteiger partial charge < -0.3 is 24.8 Å². The molecule has 0 spiro atoms. The Hall–Kier alpha value is -3.13. The van der Waals surface area contributed by atoms with Gasteiger partial charge in [0.25, 0.3) is 0 Å². The van der Waals surface area contributed by atoms with Gasteiger partial charge in [-0.05, 0) is 37.1 Å². The van der Waals surface area contributed by atoms with Gasteiger partial charge in [0.15, 0.2) is 0 Å². The van der Waals surface area contributed by atoms with Crippen molar-refractivity contribution >= 4 is 28.5 Å². The minimum atomic E-state index is -1.16. The minimum Gasteiger partial charge on any atom is -0.477 e. The third kappa shape index (κ3) is 2.91. The Bertz CT molecular complexity index is 1120. The van der Waals surface area contributed by atoms with E-state index in [0.29, 0.717) is 16.8 Å². The summed E-state index contributed by atoms with van der Waals surface area (Å²) in [5.41, 5.74) is 2.09. The molecular weight excluding hydrogens is 376 g/mol. The monoisotopic (exact) mass is 398 g/mol. The molecule has 4 rings (SSSR count). The van der Waals surface area contributed by atoms with Gasteiger partial charge in [-0.3, -0.25) is 4.79 Å². The second-order valence-corrected chi connectivity index (χ2v) is 7.75. The number of aliphatic hydroxyl groups is 1. The van der Waals surface area contributed by atoms with E-state index in [1.165, 1.54) is 11.0 Å². The molecule has 1 aromatic carbocycles. The molecule has 0 aliphatic carbocycles. The van der Waals surface area contributed by atoms with Gasteiger partial charge in [0, 0.05) is 35.7 Å². The van der Waals surface area contributed by atoms with Crippen molar-refractivity contribution in [1.29, 1.82) is 0 Å². The first-order valence-corrected chi connectivity index (χ1v) is 9.46. The maximum atomic E-state index is 12.4. The number of anilines is 1. The minimum absolute atomic E-state index is 0.0138. The molecule has 0 bridgehead atoms. The number of carboxylic acids is 1. The number of fused-ring (bicyclic) bond motifs is 2. The van der Waals surface area contributed by atoms with Crippen molar-refractivity contribution in [2.45, 2.75) is 32.9 Å². The molecule has 4 atom stereocenters. The number of rotatable bonds is 5. The molecule has 2 aliphatic heterocycles. The van der Waals surface area contributed by atoms with E-state index in [1.807, 2.05) is 26.0 Å². The molecule has 152 valence electrons. The number of aliphatic carboxylic acids is 1. The quantitative estimate of drug-likeness (QED) is 0.518. The summed E-state index contributed by atoms with van der Waals surface area (Å²) in [4.78, 5) is 37.1. The van der Waals surface area contributed by atoms with Crippen LogP contribution < -0.4 is 10.9 Å². The van der Waals surface area contributed by atoms with Gasteiger partial charge >= 0.3 is 11.6 Å². The summed E-state index contributed by atoms with van der Waals surface area (Å²) >= 11 is 0. The lowest BCUT2D eigenvalue weighted by atomic mass is 9.78. The van der Waals surface area contributed by atoms with E-state index < -0.39 is 23.6 Å². The normalized spacial score (nSPS) is 24.5. The van der Waals surface area contributed by atoms with Gasteiger partial charge in [-0.1, -0.05) is 6.92 Å².